The minimum atomic E-state index is 0.147. The number of hydrogen-bond acceptors (Lipinski definition) is 3. The summed E-state index contributed by atoms with van der Waals surface area (Å²) >= 11 is 0. The van der Waals surface area contributed by atoms with Gasteiger partial charge < -0.3 is 5.73 Å². The maximum atomic E-state index is 6.36. The maximum absolute atomic E-state index is 6.36. The van der Waals surface area contributed by atoms with Crippen molar-refractivity contribution in [2.45, 2.75) is 31.8 Å². The number of nitrogens with zero attached hydrogens (tertiary/aromatic N) is 2. The molecule has 3 rings (SSSR count). The third-order valence-electron chi connectivity index (χ3n) is 4.63. The van der Waals surface area contributed by atoms with Crippen molar-refractivity contribution in [1.82, 2.24) is 9.80 Å². The van der Waals surface area contributed by atoms with Crippen LogP contribution in [-0.4, -0.2) is 48.6 Å². The Morgan fingerprint density at radius 1 is 1.21 bits per heavy atom. The lowest BCUT2D eigenvalue weighted by molar-refractivity contribution is 0.0998. The first-order valence-electron chi connectivity index (χ1n) is 7.51. The zero-order valence-corrected chi connectivity index (χ0v) is 11.9. The van der Waals surface area contributed by atoms with Gasteiger partial charge in [-0.3, -0.25) is 9.80 Å². The van der Waals surface area contributed by atoms with Gasteiger partial charge in [0.05, 0.1) is 0 Å². The Morgan fingerprint density at radius 2 is 2.00 bits per heavy atom. The zero-order chi connectivity index (χ0) is 13.2. The van der Waals surface area contributed by atoms with Gasteiger partial charge in [0.15, 0.2) is 0 Å². The summed E-state index contributed by atoms with van der Waals surface area (Å²) in [6.07, 6.45) is 2.75. The molecule has 2 heterocycles. The molecule has 2 aliphatic heterocycles. The number of rotatable bonds is 3. The fourth-order valence-electron chi connectivity index (χ4n) is 3.42. The van der Waals surface area contributed by atoms with E-state index >= 15 is 0 Å². The van der Waals surface area contributed by atoms with Crippen molar-refractivity contribution in [3.8, 4) is 0 Å². The van der Waals surface area contributed by atoms with Gasteiger partial charge >= 0.3 is 0 Å². The highest BCUT2D eigenvalue weighted by Gasteiger charge is 2.30. The van der Waals surface area contributed by atoms with Crippen LogP contribution in [0.15, 0.2) is 24.3 Å². The van der Waals surface area contributed by atoms with Crippen molar-refractivity contribution in [2.75, 3.05) is 32.7 Å². The van der Waals surface area contributed by atoms with Crippen molar-refractivity contribution >= 4 is 0 Å². The quantitative estimate of drug-likeness (QED) is 0.898. The number of nitrogens with two attached hydrogens (primary N) is 1. The molecule has 2 aliphatic rings. The lowest BCUT2D eigenvalue weighted by Crippen LogP contribution is -2.51. The predicted octanol–water partition coefficient (Wildman–Crippen LogP) is 1.77. The Kier molecular flexibility index (Phi) is 3.87. The molecule has 1 aromatic carbocycles. The Balaban J connectivity index is 1.57. The first-order chi connectivity index (χ1) is 9.22. The van der Waals surface area contributed by atoms with E-state index < -0.39 is 0 Å². The van der Waals surface area contributed by atoms with Gasteiger partial charge in [-0.2, -0.15) is 0 Å². The molecule has 3 heteroatoms. The van der Waals surface area contributed by atoms with E-state index in [1.165, 1.54) is 50.1 Å². The van der Waals surface area contributed by atoms with Crippen LogP contribution in [0.1, 0.15) is 30.0 Å². The molecule has 3 nitrogen and oxygen atoms in total. The molecule has 0 saturated carbocycles. The van der Waals surface area contributed by atoms with E-state index in [4.69, 9.17) is 5.73 Å². The van der Waals surface area contributed by atoms with Gasteiger partial charge in [0.2, 0.25) is 0 Å². The fourth-order valence-corrected chi connectivity index (χ4v) is 3.42. The van der Waals surface area contributed by atoms with Crippen LogP contribution in [-0.2, 0) is 0 Å². The number of fused-ring (bicyclic) bond motifs is 1. The lowest BCUT2D eigenvalue weighted by Gasteiger charge is -2.38. The summed E-state index contributed by atoms with van der Waals surface area (Å²) in [5.74, 6) is 0. The first kappa shape index (κ1) is 13.1. The zero-order valence-electron chi connectivity index (χ0n) is 11.9. The minimum absolute atomic E-state index is 0.147. The predicted molar refractivity (Wildman–Crippen MR) is 79.1 cm³/mol. The average molecular weight is 259 g/mol. The van der Waals surface area contributed by atoms with Gasteiger partial charge in [-0.15, -0.1) is 0 Å². The highest BCUT2D eigenvalue weighted by atomic mass is 15.3. The van der Waals surface area contributed by atoms with E-state index in [9.17, 15) is 0 Å². The molecule has 0 spiro atoms. The minimum Gasteiger partial charge on any atom is -0.323 e. The summed E-state index contributed by atoms with van der Waals surface area (Å²) in [4.78, 5) is 5.20. The normalized spacial score (nSPS) is 26.3. The summed E-state index contributed by atoms with van der Waals surface area (Å²) in [5.41, 5.74) is 8.92. The van der Waals surface area contributed by atoms with E-state index in [0.717, 1.165) is 12.6 Å². The van der Waals surface area contributed by atoms with E-state index in [1.807, 2.05) is 0 Å². The van der Waals surface area contributed by atoms with Crippen LogP contribution < -0.4 is 5.73 Å². The van der Waals surface area contributed by atoms with E-state index in [0.29, 0.717) is 0 Å². The molecule has 19 heavy (non-hydrogen) atoms. The van der Waals surface area contributed by atoms with Crippen LogP contribution in [0, 0.1) is 6.92 Å². The van der Waals surface area contributed by atoms with E-state index in [1.54, 1.807) is 0 Å². The third-order valence-corrected chi connectivity index (χ3v) is 4.63. The highest BCUT2D eigenvalue weighted by molar-refractivity contribution is 5.24. The second kappa shape index (κ2) is 5.61. The molecule has 2 fully saturated rings. The molecule has 2 saturated heterocycles. The van der Waals surface area contributed by atoms with Crippen LogP contribution in [0.5, 0.6) is 0 Å². The number of benzene rings is 1. The molecule has 2 N–H and O–H groups in total. The van der Waals surface area contributed by atoms with Gasteiger partial charge in [-0.25, -0.2) is 0 Å². The fraction of sp³-hybridized carbons (Fsp3) is 0.625. The number of piperazine rings is 1. The summed E-state index contributed by atoms with van der Waals surface area (Å²) in [6, 6.07) is 9.60. The lowest BCUT2D eigenvalue weighted by atomic mass is 10.0. The Labute approximate surface area is 116 Å². The van der Waals surface area contributed by atoms with Crippen LogP contribution >= 0.6 is 0 Å². The Hall–Kier alpha value is -0.900. The third kappa shape index (κ3) is 2.99. The van der Waals surface area contributed by atoms with E-state index in [-0.39, 0.29) is 6.04 Å². The second-order valence-electron chi connectivity index (χ2n) is 6.11. The first-order valence-corrected chi connectivity index (χ1v) is 7.51. The monoisotopic (exact) mass is 259 g/mol. The van der Waals surface area contributed by atoms with Gasteiger partial charge in [0, 0.05) is 38.3 Å². The smallest absolute Gasteiger partial charge is 0.0424 e. The summed E-state index contributed by atoms with van der Waals surface area (Å²) in [7, 11) is 0. The highest BCUT2D eigenvalue weighted by Crippen LogP contribution is 2.22. The topological polar surface area (TPSA) is 32.5 Å². The van der Waals surface area contributed by atoms with Gasteiger partial charge in [-0.1, -0.05) is 29.8 Å². The molecule has 2 unspecified atom stereocenters. The van der Waals surface area contributed by atoms with E-state index in [2.05, 4.69) is 41.0 Å². The van der Waals surface area contributed by atoms with Crippen molar-refractivity contribution in [3.63, 3.8) is 0 Å². The molecule has 0 bridgehead atoms. The molecular formula is C16H25N3. The second-order valence-corrected chi connectivity index (χ2v) is 6.11. The van der Waals surface area contributed by atoms with Crippen LogP contribution in [0.3, 0.4) is 0 Å². The standard InChI is InChI=1S/C16H25N3/c1-13-4-6-14(7-5-13)16(17)12-18-9-10-19-8-2-3-15(19)11-18/h4-7,15-16H,2-3,8-12,17H2,1H3. The molecule has 2 atom stereocenters. The van der Waals surface area contributed by atoms with Crippen LogP contribution in [0.4, 0.5) is 0 Å². The van der Waals surface area contributed by atoms with Crippen molar-refractivity contribution < 1.29 is 0 Å². The summed E-state index contributed by atoms with van der Waals surface area (Å²) < 4.78 is 0. The maximum Gasteiger partial charge on any atom is 0.0424 e. The average Bonchev–Trinajstić information content (AvgIpc) is 2.87. The molecular weight excluding hydrogens is 234 g/mol. The molecule has 0 aromatic heterocycles. The van der Waals surface area contributed by atoms with Crippen molar-refractivity contribution in [1.29, 1.82) is 0 Å². The largest absolute Gasteiger partial charge is 0.323 e. The SMILES string of the molecule is Cc1ccc(C(N)CN2CCN3CCCC3C2)cc1. The van der Waals surface area contributed by atoms with Crippen LogP contribution in [0.2, 0.25) is 0 Å². The molecule has 104 valence electrons. The number of hydrogen-bond donors (Lipinski definition) is 1. The Bertz CT molecular complexity index is 415. The molecule has 0 aliphatic carbocycles. The Morgan fingerprint density at radius 3 is 2.79 bits per heavy atom. The van der Waals surface area contributed by atoms with Gasteiger partial charge in [-0.05, 0) is 31.9 Å². The van der Waals surface area contributed by atoms with Gasteiger partial charge in [0.25, 0.3) is 0 Å². The molecule has 1 aromatic rings. The van der Waals surface area contributed by atoms with Crippen LogP contribution in [0.25, 0.3) is 0 Å². The molecule has 0 radical (unpaired) electrons. The van der Waals surface area contributed by atoms with Crippen molar-refractivity contribution in [3.05, 3.63) is 35.4 Å². The van der Waals surface area contributed by atoms with Crippen molar-refractivity contribution in [2.24, 2.45) is 5.73 Å². The van der Waals surface area contributed by atoms with Gasteiger partial charge in [0.1, 0.15) is 0 Å². The molecule has 0 amide bonds. The number of aryl methyl sites for hydroxylation is 1. The summed E-state index contributed by atoms with van der Waals surface area (Å²) in [6.45, 7) is 8.03. The summed E-state index contributed by atoms with van der Waals surface area (Å²) in [5, 5.41) is 0.